The van der Waals surface area contributed by atoms with E-state index < -0.39 is 0 Å². The zero-order valence-corrected chi connectivity index (χ0v) is 19.8. The van der Waals surface area contributed by atoms with Crippen LogP contribution in [0.3, 0.4) is 0 Å². The van der Waals surface area contributed by atoms with Gasteiger partial charge in [0.15, 0.2) is 0 Å². The van der Waals surface area contributed by atoms with Crippen molar-refractivity contribution in [3.8, 4) is 0 Å². The summed E-state index contributed by atoms with van der Waals surface area (Å²) in [7, 11) is 0. The molecular weight excluding hydrogens is 380 g/mol. The lowest BCUT2D eigenvalue weighted by atomic mass is 9.73. The molecule has 0 aliphatic carbocycles. The first kappa shape index (κ1) is 22.5. The first-order chi connectivity index (χ1) is 15.1. The molecule has 0 amide bonds. The highest BCUT2D eigenvalue weighted by Crippen LogP contribution is 2.48. The van der Waals surface area contributed by atoms with E-state index in [9.17, 15) is 0 Å². The third-order valence-corrected chi connectivity index (χ3v) is 7.29. The van der Waals surface area contributed by atoms with Crippen molar-refractivity contribution in [2.75, 3.05) is 26.2 Å². The van der Waals surface area contributed by atoms with Gasteiger partial charge in [-0.2, -0.15) is 0 Å². The molecule has 4 heteroatoms. The highest BCUT2D eigenvalue weighted by molar-refractivity contribution is 5.35. The number of hydrazine groups is 1. The van der Waals surface area contributed by atoms with Gasteiger partial charge in [-0.1, -0.05) is 75.2 Å². The lowest BCUT2D eigenvalue weighted by Crippen LogP contribution is -2.80. The molecule has 2 heterocycles. The standard InChI is InChI=1S/C27H39N4/c1-5-6-10-15-29-31-19-23(4)27(31)26(25-14-13-21(2)22(3)18-25)30(17-16-28-27)20-24-11-8-7-9-12-24/h7-9,11-14,18,23,26,29H,5-6,10,15-17,19-20H2,1-4H3. The van der Waals surface area contributed by atoms with Gasteiger partial charge in [-0.05, 0) is 42.5 Å². The number of benzene rings is 2. The minimum atomic E-state index is -0.194. The number of hydrogen-bond acceptors (Lipinski definition) is 3. The molecule has 1 N–H and O–H groups in total. The van der Waals surface area contributed by atoms with E-state index in [2.05, 4.69) is 91.6 Å². The summed E-state index contributed by atoms with van der Waals surface area (Å²) in [5, 5.41) is 7.81. The van der Waals surface area contributed by atoms with Gasteiger partial charge in [-0.15, -0.1) is 0 Å². The Kier molecular flexibility index (Phi) is 7.12. The molecule has 4 nitrogen and oxygen atoms in total. The van der Waals surface area contributed by atoms with E-state index in [-0.39, 0.29) is 11.7 Å². The highest BCUT2D eigenvalue weighted by atomic mass is 15.6. The Labute approximate surface area is 189 Å². The van der Waals surface area contributed by atoms with Crippen LogP contribution in [0.4, 0.5) is 0 Å². The zero-order chi connectivity index (χ0) is 21.8. The quantitative estimate of drug-likeness (QED) is 0.624. The molecule has 0 bridgehead atoms. The van der Waals surface area contributed by atoms with Crippen LogP contribution in [0.1, 0.15) is 61.4 Å². The van der Waals surface area contributed by atoms with Gasteiger partial charge in [-0.3, -0.25) is 10.3 Å². The first-order valence-electron chi connectivity index (χ1n) is 12.1. The van der Waals surface area contributed by atoms with Crippen molar-refractivity contribution in [1.29, 1.82) is 0 Å². The Balaban J connectivity index is 1.67. The summed E-state index contributed by atoms with van der Waals surface area (Å²) in [6.07, 6.45) is 3.75. The summed E-state index contributed by atoms with van der Waals surface area (Å²) in [6, 6.07) is 18.2. The topological polar surface area (TPSA) is 32.6 Å². The Bertz CT molecular complexity index is 852. The second kappa shape index (κ2) is 9.83. The van der Waals surface area contributed by atoms with Crippen molar-refractivity contribution in [2.24, 2.45) is 5.92 Å². The molecule has 2 aromatic carbocycles. The van der Waals surface area contributed by atoms with Gasteiger partial charge >= 0.3 is 0 Å². The molecule has 2 aliphatic heterocycles. The monoisotopic (exact) mass is 419 g/mol. The number of piperazine rings is 1. The first-order valence-corrected chi connectivity index (χ1v) is 12.1. The van der Waals surface area contributed by atoms with Gasteiger partial charge in [0.25, 0.3) is 0 Å². The summed E-state index contributed by atoms with van der Waals surface area (Å²) < 4.78 is 0. The molecule has 31 heavy (non-hydrogen) atoms. The number of hydrogen-bond donors (Lipinski definition) is 1. The number of aryl methyl sites for hydroxylation is 2. The third-order valence-electron chi connectivity index (χ3n) is 7.29. The van der Waals surface area contributed by atoms with Crippen LogP contribution in [0.2, 0.25) is 0 Å². The fourth-order valence-electron chi connectivity index (χ4n) is 5.37. The van der Waals surface area contributed by atoms with Crippen molar-refractivity contribution < 1.29 is 0 Å². The molecule has 4 rings (SSSR count). The lowest BCUT2D eigenvalue weighted by molar-refractivity contribution is -0.196. The molecule has 0 saturated carbocycles. The molecule has 2 aliphatic rings. The van der Waals surface area contributed by atoms with Gasteiger partial charge in [0, 0.05) is 38.6 Å². The maximum Gasteiger partial charge on any atom is 0.123 e. The van der Waals surface area contributed by atoms with E-state index in [1.807, 2.05) is 0 Å². The van der Waals surface area contributed by atoms with Crippen LogP contribution >= 0.6 is 0 Å². The van der Waals surface area contributed by atoms with Crippen LogP contribution in [0.5, 0.6) is 0 Å². The Morgan fingerprint density at radius 3 is 2.58 bits per heavy atom. The molecule has 1 radical (unpaired) electrons. The van der Waals surface area contributed by atoms with Crippen molar-refractivity contribution >= 4 is 0 Å². The fourth-order valence-corrected chi connectivity index (χ4v) is 5.37. The van der Waals surface area contributed by atoms with E-state index in [0.29, 0.717) is 5.92 Å². The number of rotatable bonds is 8. The highest BCUT2D eigenvalue weighted by Gasteiger charge is 2.60. The zero-order valence-electron chi connectivity index (χ0n) is 19.8. The van der Waals surface area contributed by atoms with Crippen molar-refractivity contribution in [3.05, 3.63) is 70.8 Å². The van der Waals surface area contributed by atoms with Gasteiger partial charge in [0.2, 0.25) is 0 Å². The molecule has 167 valence electrons. The van der Waals surface area contributed by atoms with Crippen LogP contribution < -0.4 is 10.7 Å². The summed E-state index contributed by atoms with van der Waals surface area (Å²) in [4.78, 5) is 2.67. The third kappa shape index (κ3) is 4.45. The van der Waals surface area contributed by atoms with Crippen LogP contribution in [-0.4, -0.2) is 41.8 Å². The molecule has 1 spiro atoms. The SMILES string of the molecule is CCCCCNN1CC(C)C12[N]CCN(Cc1ccccc1)C2c1ccc(C)c(C)c1. The summed E-state index contributed by atoms with van der Waals surface area (Å²) in [5.41, 5.74) is 9.08. The largest absolute Gasteiger partial charge is 0.288 e. The summed E-state index contributed by atoms with van der Waals surface area (Å²) in [5.74, 6) is 0.524. The smallest absolute Gasteiger partial charge is 0.123 e. The van der Waals surface area contributed by atoms with Crippen molar-refractivity contribution in [3.63, 3.8) is 0 Å². The molecule has 3 atom stereocenters. The van der Waals surface area contributed by atoms with Crippen LogP contribution in [0, 0.1) is 19.8 Å². The average molecular weight is 420 g/mol. The number of nitrogens with one attached hydrogen (secondary N) is 1. The minimum Gasteiger partial charge on any atom is -0.288 e. The van der Waals surface area contributed by atoms with E-state index in [0.717, 1.165) is 32.7 Å². The lowest BCUT2D eigenvalue weighted by Gasteiger charge is -2.64. The summed E-state index contributed by atoms with van der Waals surface area (Å²) in [6.45, 7) is 14.1. The normalized spacial score (nSPS) is 26.8. The number of nitrogens with zero attached hydrogens (tertiary/aromatic N) is 3. The van der Waals surface area contributed by atoms with E-state index >= 15 is 0 Å². The second-order valence-electron chi connectivity index (χ2n) is 9.49. The van der Waals surface area contributed by atoms with Crippen molar-refractivity contribution in [1.82, 2.24) is 20.7 Å². The fraction of sp³-hybridized carbons (Fsp3) is 0.556. The molecular formula is C27H39N4. The van der Waals surface area contributed by atoms with Crippen LogP contribution in [0.15, 0.2) is 48.5 Å². The Morgan fingerprint density at radius 1 is 1.06 bits per heavy atom. The van der Waals surface area contributed by atoms with Crippen LogP contribution in [0.25, 0.3) is 0 Å². The maximum atomic E-state index is 5.35. The van der Waals surface area contributed by atoms with Gasteiger partial charge in [0.1, 0.15) is 5.66 Å². The molecule has 2 fully saturated rings. The van der Waals surface area contributed by atoms with Gasteiger partial charge in [0.05, 0.1) is 6.04 Å². The predicted molar refractivity (Wildman–Crippen MR) is 129 cm³/mol. The van der Waals surface area contributed by atoms with Gasteiger partial charge in [-0.25, -0.2) is 10.3 Å². The van der Waals surface area contributed by atoms with E-state index in [1.54, 1.807) is 0 Å². The Morgan fingerprint density at radius 2 is 1.87 bits per heavy atom. The molecule has 2 saturated heterocycles. The molecule has 0 aromatic heterocycles. The summed E-state index contributed by atoms with van der Waals surface area (Å²) >= 11 is 0. The van der Waals surface area contributed by atoms with E-state index in [1.165, 1.54) is 41.5 Å². The van der Waals surface area contributed by atoms with Crippen LogP contribution in [-0.2, 0) is 6.54 Å². The Hall–Kier alpha value is -1.72. The minimum absolute atomic E-state index is 0.194. The second-order valence-corrected chi connectivity index (χ2v) is 9.49. The molecule has 2 aromatic rings. The van der Waals surface area contributed by atoms with Crippen molar-refractivity contribution in [2.45, 2.75) is 65.2 Å². The average Bonchev–Trinajstić information content (AvgIpc) is 2.78. The maximum absolute atomic E-state index is 5.35. The number of unbranched alkanes of at least 4 members (excludes halogenated alkanes) is 2. The van der Waals surface area contributed by atoms with Gasteiger partial charge < -0.3 is 0 Å². The predicted octanol–water partition coefficient (Wildman–Crippen LogP) is 4.81. The van der Waals surface area contributed by atoms with E-state index in [4.69, 9.17) is 5.32 Å². The molecule has 3 unspecified atom stereocenters.